The van der Waals surface area contributed by atoms with E-state index in [2.05, 4.69) is 40.7 Å². The maximum absolute atomic E-state index is 9.73. The minimum Gasteiger partial charge on any atom is -0.393 e. The van der Waals surface area contributed by atoms with Crippen LogP contribution in [0.1, 0.15) is 30.5 Å². The first kappa shape index (κ1) is 14.4. The summed E-state index contributed by atoms with van der Waals surface area (Å²) in [5.41, 5.74) is 5.57. The molecule has 1 fully saturated rings. The van der Waals surface area contributed by atoms with Gasteiger partial charge in [-0.1, -0.05) is 12.1 Å². The van der Waals surface area contributed by atoms with Crippen molar-refractivity contribution in [2.24, 2.45) is 4.99 Å². The average Bonchev–Trinajstić information content (AvgIpc) is 3.18. The second-order valence-corrected chi connectivity index (χ2v) is 6.53. The molecule has 118 valence electrons. The Morgan fingerprint density at radius 3 is 2.87 bits per heavy atom. The third-order valence-corrected chi connectivity index (χ3v) is 4.72. The molecule has 2 aliphatic rings. The largest absolute Gasteiger partial charge is 0.393 e. The van der Waals surface area contributed by atoms with Crippen LogP contribution in [-0.4, -0.2) is 35.0 Å². The highest BCUT2D eigenvalue weighted by molar-refractivity contribution is 5.96. The molecule has 23 heavy (non-hydrogen) atoms. The molecule has 0 spiro atoms. The van der Waals surface area contributed by atoms with Gasteiger partial charge in [-0.3, -0.25) is 9.98 Å². The first-order valence-electron chi connectivity index (χ1n) is 8.24. The molecule has 2 heterocycles. The Bertz CT molecular complexity index is 810. The minimum atomic E-state index is -0.164. The minimum absolute atomic E-state index is 0.164. The first-order valence-corrected chi connectivity index (χ1v) is 8.24. The predicted molar refractivity (Wildman–Crippen MR) is 95.1 cm³/mol. The molecule has 0 amide bonds. The summed E-state index contributed by atoms with van der Waals surface area (Å²) in [5.74, 6) is 0. The summed E-state index contributed by atoms with van der Waals surface area (Å²) in [5, 5.41) is 14.5. The summed E-state index contributed by atoms with van der Waals surface area (Å²) in [6.45, 7) is 2.78. The van der Waals surface area contributed by atoms with Gasteiger partial charge in [0.2, 0.25) is 0 Å². The average molecular weight is 307 g/mol. The van der Waals surface area contributed by atoms with E-state index in [9.17, 15) is 5.11 Å². The molecule has 1 aliphatic carbocycles. The van der Waals surface area contributed by atoms with Crippen LogP contribution in [0.15, 0.2) is 35.3 Å². The lowest BCUT2D eigenvalue weighted by Crippen LogP contribution is -2.17. The molecule has 1 aromatic carbocycles. The Balaban J connectivity index is 1.70. The summed E-state index contributed by atoms with van der Waals surface area (Å²) in [7, 11) is 0. The Kier molecular flexibility index (Phi) is 3.62. The number of aliphatic imine (C=N–C) groups is 1. The van der Waals surface area contributed by atoms with Crippen molar-refractivity contribution in [3.8, 4) is 0 Å². The van der Waals surface area contributed by atoms with Gasteiger partial charge in [-0.2, -0.15) is 0 Å². The van der Waals surface area contributed by atoms with Gasteiger partial charge in [-0.25, -0.2) is 0 Å². The molecule has 4 nitrogen and oxygen atoms in total. The van der Waals surface area contributed by atoms with Crippen LogP contribution < -0.4 is 5.32 Å². The molecule has 2 aromatic rings. The van der Waals surface area contributed by atoms with Crippen molar-refractivity contribution in [3.05, 3.63) is 41.6 Å². The number of nitrogens with one attached hydrogen (secondary N) is 1. The van der Waals surface area contributed by atoms with Crippen LogP contribution >= 0.6 is 0 Å². The highest BCUT2D eigenvalue weighted by Crippen LogP contribution is 2.30. The zero-order valence-corrected chi connectivity index (χ0v) is 13.3. The number of allylic oxidation sites excluding steroid dienone is 1. The summed E-state index contributed by atoms with van der Waals surface area (Å²) < 4.78 is 0. The molecule has 2 atom stereocenters. The lowest BCUT2D eigenvalue weighted by molar-refractivity contribution is 0.182. The fourth-order valence-corrected chi connectivity index (χ4v) is 3.52. The molecular formula is C19H21N3O. The summed E-state index contributed by atoms with van der Waals surface area (Å²) in [6.07, 6.45) is 6.50. The topological polar surface area (TPSA) is 57.5 Å². The molecular weight excluding hydrogens is 286 g/mol. The van der Waals surface area contributed by atoms with Crippen molar-refractivity contribution in [3.63, 3.8) is 0 Å². The summed E-state index contributed by atoms with van der Waals surface area (Å²) >= 11 is 0. The zero-order chi connectivity index (χ0) is 15.8. The van der Waals surface area contributed by atoms with Crippen LogP contribution in [0.4, 0.5) is 5.69 Å². The van der Waals surface area contributed by atoms with Crippen LogP contribution in [0.2, 0.25) is 0 Å². The number of anilines is 1. The number of fused-ring (bicyclic) bond motifs is 1. The van der Waals surface area contributed by atoms with Gasteiger partial charge in [0.15, 0.2) is 0 Å². The fraction of sp³-hybridized carbons (Fsp3) is 0.368. The molecule has 0 radical (unpaired) electrons. The van der Waals surface area contributed by atoms with Crippen LogP contribution in [0, 0.1) is 6.92 Å². The van der Waals surface area contributed by atoms with Gasteiger partial charge in [0.1, 0.15) is 0 Å². The smallest absolute Gasteiger partial charge is 0.0732 e. The number of pyridine rings is 1. The van der Waals surface area contributed by atoms with Crippen molar-refractivity contribution in [1.29, 1.82) is 0 Å². The number of aromatic nitrogens is 1. The second kappa shape index (κ2) is 5.78. The maximum atomic E-state index is 9.73. The van der Waals surface area contributed by atoms with Crippen LogP contribution in [0.25, 0.3) is 16.5 Å². The number of nitrogens with zero attached hydrogens (tertiary/aromatic N) is 2. The van der Waals surface area contributed by atoms with Crippen molar-refractivity contribution < 1.29 is 5.11 Å². The van der Waals surface area contributed by atoms with Gasteiger partial charge in [0.25, 0.3) is 0 Å². The van der Waals surface area contributed by atoms with E-state index in [1.807, 2.05) is 13.1 Å². The first-order chi connectivity index (χ1) is 11.2. The lowest BCUT2D eigenvalue weighted by Gasteiger charge is -2.17. The number of aliphatic hydroxyl groups is 1. The van der Waals surface area contributed by atoms with Crippen molar-refractivity contribution in [2.75, 3.05) is 11.9 Å². The molecule has 1 aromatic heterocycles. The summed E-state index contributed by atoms with van der Waals surface area (Å²) in [6, 6.07) is 8.89. The Morgan fingerprint density at radius 2 is 2.13 bits per heavy atom. The van der Waals surface area contributed by atoms with Gasteiger partial charge in [0, 0.05) is 29.0 Å². The fourth-order valence-electron chi connectivity index (χ4n) is 3.52. The van der Waals surface area contributed by atoms with Gasteiger partial charge >= 0.3 is 0 Å². The van der Waals surface area contributed by atoms with Gasteiger partial charge in [-0.15, -0.1) is 0 Å². The second-order valence-electron chi connectivity index (χ2n) is 6.53. The van der Waals surface area contributed by atoms with Crippen molar-refractivity contribution >= 4 is 28.4 Å². The SMILES string of the molecule is Cc1cc(N[C@@H]2CC[C@H](O)C2)c2ccc(C3=CC=NC3)cc2n1. The molecule has 4 rings (SSSR count). The number of hydrogen-bond donors (Lipinski definition) is 2. The molecule has 4 heteroatoms. The van der Waals surface area contributed by atoms with E-state index in [0.717, 1.165) is 48.1 Å². The van der Waals surface area contributed by atoms with Gasteiger partial charge in [-0.05, 0) is 55.5 Å². The van der Waals surface area contributed by atoms with Gasteiger partial charge < -0.3 is 10.4 Å². The van der Waals surface area contributed by atoms with E-state index in [0.29, 0.717) is 6.04 Å². The normalized spacial score (nSPS) is 23.5. The number of hydrogen-bond acceptors (Lipinski definition) is 4. The number of benzene rings is 1. The van der Waals surface area contributed by atoms with E-state index in [-0.39, 0.29) is 6.10 Å². The van der Waals surface area contributed by atoms with E-state index < -0.39 is 0 Å². The molecule has 2 N–H and O–H groups in total. The Hall–Kier alpha value is -2.20. The molecule has 0 unspecified atom stereocenters. The van der Waals surface area contributed by atoms with Crippen LogP contribution in [0.3, 0.4) is 0 Å². The highest BCUT2D eigenvalue weighted by Gasteiger charge is 2.23. The standard InChI is InChI=1S/C19H21N3O/c1-12-8-18(22-15-3-4-16(23)10-15)17-5-2-13(9-19(17)21-12)14-6-7-20-11-14/h2,5-9,15-16,23H,3-4,10-11H2,1H3,(H,21,22)/t15-,16+/m1/s1. The molecule has 1 aliphatic heterocycles. The van der Waals surface area contributed by atoms with E-state index in [1.165, 1.54) is 11.1 Å². The molecule has 0 saturated heterocycles. The quantitative estimate of drug-likeness (QED) is 0.914. The van der Waals surface area contributed by atoms with Crippen LogP contribution in [-0.2, 0) is 0 Å². The summed E-state index contributed by atoms with van der Waals surface area (Å²) in [4.78, 5) is 8.96. The number of rotatable bonds is 3. The van der Waals surface area contributed by atoms with Gasteiger partial charge in [0.05, 0.1) is 18.2 Å². The third kappa shape index (κ3) is 2.86. The monoisotopic (exact) mass is 307 g/mol. The van der Waals surface area contributed by atoms with Crippen molar-refractivity contribution in [2.45, 2.75) is 38.3 Å². The van der Waals surface area contributed by atoms with E-state index >= 15 is 0 Å². The number of aryl methyl sites for hydroxylation is 1. The van der Waals surface area contributed by atoms with Crippen molar-refractivity contribution in [1.82, 2.24) is 4.98 Å². The maximum Gasteiger partial charge on any atom is 0.0732 e. The highest BCUT2D eigenvalue weighted by atomic mass is 16.3. The zero-order valence-electron chi connectivity index (χ0n) is 13.3. The van der Waals surface area contributed by atoms with E-state index in [4.69, 9.17) is 4.98 Å². The van der Waals surface area contributed by atoms with E-state index in [1.54, 1.807) is 0 Å². The third-order valence-electron chi connectivity index (χ3n) is 4.72. The molecule has 0 bridgehead atoms. The molecule has 1 saturated carbocycles. The van der Waals surface area contributed by atoms with Crippen LogP contribution in [0.5, 0.6) is 0 Å². The predicted octanol–water partition coefficient (Wildman–Crippen LogP) is 3.34. The number of aliphatic hydroxyl groups excluding tert-OH is 1. The lowest BCUT2D eigenvalue weighted by atomic mass is 10.0. The Morgan fingerprint density at radius 1 is 1.22 bits per heavy atom. The Labute approximate surface area is 136 Å².